The number of rotatable bonds is 3. The highest BCUT2D eigenvalue weighted by Crippen LogP contribution is 2.25. The van der Waals surface area contributed by atoms with Crippen LogP contribution in [0.1, 0.15) is 28.5 Å². The van der Waals surface area contributed by atoms with E-state index in [1.54, 1.807) is 0 Å². The molecule has 0 saturated carbocycles. The maximum atomic E-state index is 6.30. The van der Waals surface area contributed by atoms with Gasteiger partial charge in [-0.3, -0.25) is 0 Å². The number of aryl methyl sites for hydroxylation is 2. The molecule has 2 N–H and O–H groups in total. The average Bonchev–Trinajstić information content (AvgIpc) is 2.81. The molecule has 0 aliphatic rings. The summed E-state index contributed by atoms with van der Waals surface area (Å²) in [6.45, 7) is 4.23. The maximum absolute atomic E-state index is 6.30. The first-order valence-electron chi connectivity index (χ1n) is 6.93. The standard InChI is InChI=1S/C18H19NO/c1-12-7-13(2)9-14(8-12)10-16(19)18-11-15-5-3-4-6-17(15)20-18/h3-9,11,16H,10,19H2,1-2H3. The molecule has 102 valence electrons. The summed E-state index contributed by atoms with van der Waals surface area (Å²) in [6.07, 6.45) is 0.794. The van der Waals surface area contributed by atoms with Crippen molar-refractivity contribution in [2.24, 2.45) is 5.73 Å². The topological polar surface area (TPSA) is 39.2 Å². The Kier molecular flexibility index (Phi) is 3.33. The molecular weight excluding hydrogens is 246 g/mol. The van der Waals surface area contributed by atoms with Crippen LogP contribution in [-0.2, 0) is 6.42 Å². The summed E-state index contributed by atoms with van der Waals surface area (Å²) in [4.78, 5) is 0. The highest BCUT2D eigenvalue weighted by Gasteiger charge is 2.13. The van der Waals surface area contributed by atoms with Crippen LogP contribution in [0.2, 0.25) is 0 Å². The minimum atomic E-state index is -0.108. The van der Waals surface area contributed by atoms with E-state index < -0.39 is 0 Å². The average molecular weight is 265 g/mol. The number of hydrogen-bond acceptors (Lipinski definition) is 2. The summed E-state index contributed by atoms with van der Waals surface area (Å²) in [5.74, 6) is 0.852. The van der Waals surface area contributed by atoms with Crippen molar-refractivity contribution >= 4 is 11.0 Å². The summed E-state index contributed by atoms with van der Waals surface area (Å²) in [5.41, 5.74) is 11.0. The molecule has 0 saturated heterocycles. The fourth-order valence-corrected chi connectivity index (χ4v) is 2.73. The lowest BCUT2D eigenvalue weighted by atomic mass is 10.0. The quantitative estimate of drug-likeness (QED) is 0.767. The van der Waals surface area contributed by atoms with Gasteiger partial charge in [0.15, 0.2) is 0 Å². The van der Waals surface area contributed by atoms with Crippen LogP contribution in [-0.4, -0.2) is 0 Å². The number of para-hydroxylation sites is 1. The van der Waals surface area contributed by atoms with E-state index in [1.807, 2.05) is 30.3 Å². The van der Waals surface area contributed by atoms with Gasteiger partial charge in [0.25, 0.3) is 0 Å². The molecule has 1 atom stereocenters. The Morgan fingerprint density at radius 3 is 2.40 bits per heavy atom. The lowest BCUT2D eigenvalue weighted by Gasteiger charge is -2.10. The van der Waals surface area contributed by atoms with E-state index in [4.69, 9.17) is 10.2 Å². The summed E-state index contributed by atoms with van der Waals surface area (Å²) < 4.78 is 5.84. The van der Waals surface area contributed by atoms with Crippen molar-refractivity contribution in [2.75, 3.05) is 0 Å². The molecule has 20 heavy (non-hydrogen) atoms. The summed E-state index contributed by atoms with van der Waals surface area (Å²) in [7, 11) is 0. The molecule has 1 unspecified atom stereocenters. The Morgan fingerprint density at radius 2 is 1.70 bits per heavy atom. The lowest BCUT2D eigenvalue weighted by Crippen LogP contribution is -2.12. The normalized spacial score (nSPS) is 12.8. The number of furan rings is 1. The third kappa shape index (κ3) is 2.61. The number of nitrogens with two attached hydrogens (primary N) is 1. The van der Waals surface area contributed by atoms with Gasteiger partial charge in [-0.2, -0.15) is 0 Å². The zero-order chi connectivity index (χ0) is 14.1. The second-order valence-corrected chi connectivity index (χ2v) is 5.49. The molecule has 0 aliphatic heterocycles. The number of fused-ring (bicyclic) bond motifs is 1. The molecule has 0 radical (unpaired) electrons. The summed E-state index contributed by atoms with van der Waals surface area (Å²) in [6, 6.07) is 16.5. The van der Waals surface area contributed by atoms with Crippen molar-refractivity contribution < 1.29 is 4.42 Å². The van der Waals surface area contributed by atoms with Crippen molar-refractivity contribution in [2.45, 2.75) is 26.3 Å². The van der Waals surface area contributed by atoms with Gasteiger partial charge in [-0.1, -0.05) is 47.5 Å². The van der Waals surface area contributed by atoms with Crippen molar-refractivity contribution in [3.63, 3.8) is 0 Å². The minimum Gasteiger partial charge on any atom is -0.459 e. The first-order valence-corrected chi connectivity index (χ1v) is 6.93. The number of benzene rings is 2. The van der Waals surface area contributed by atoms with Gasteiger partial charge in [-0.25, -0.2) is 0 Å². The highest BCUT2D eigenvalue weighted by molar-refractivity contribution is 5.77. The van der Waals surface area contributed by atoms with E-state index in [1.165, 1.54) is 16.7 Å². The molecule has 0 aliphatic carbocycles. The second-order valence-electron chi connectivity index (χ2n) is 5.49. The molecule has 3 rings (SSSR count). The Morgan fingerprint density at radius 1 is 1.00 bits per heavy atom. The predicted molar refractivity (Wildman–Crippen MR) is 82.8 cm³/mol. The molecule has 1 heterocycles. The zero-order valence-corrected chi connectivity index (χ0v) is 11.9. The van der Waals surface area contributed by atoms with Gasteiger partial charge < -0.3 is 10.2 Å². The van der Waals surface area contributed by atoms with Gasteiger partial charge >= 0.3 is 0 Å². The Labute approximate surface area is 119 Å². The van der Waals surface area contributed by atoms with Crippen LogP contribution >= 0.6 is 0 Å². The van der Waals surface area contributed by atoms with Crippen LogP contribution < -0.4 is 5.73 Å². The second kappa shape index (κ2) is 5.14. The molecule has 2 aromatic carbocycles. The maximum Gasteiger partial charge on any atom is 0.134 e. The minimum absolute atomic E-state index is 0.108. The molecular formula is C18H19NO. The van der Waals surface area contributed by atoms with Crippen molar-refractivity contribution in [1.29, 1.82) is 0 Å². The van der Waals surface area contributed by atoms with E-state index >= 15 is 0 Å². The van der Waals surface area contributed by atoms with Gasteiger partial charge in [0, 0.05) is 5.39 Å². The monoisotopic (exact) mass is 265 g/mol. The van der Waals surface area contributed by atoms with E-state index in [0.717, 1.165) is 23.2 Å². The van der Waals surface area contributed by atoms with Crippen LogP contribution in [0.5, 0.6) is 0 Å². The zero-order valence-electron chi connectivity index (χ0n) is 11.9. The SMILES string of the molecule is Cc1cc(C)cc(CC(N)c2cc3ccccc3o2)c1. The molecule has 2 heteroatoms. The van der Waals surface area contributed by atoms with Gasteiger partial charge in [0.1, 0.15) is 11.3 Å². The fraction of sp³-hybridized carbons (Fsp3) is 0.222. The molecule has 0 spiro atoms. The molecule has 0 amide bonds. The Balaban J connectivity index is 1.86. The Hall–Kier alpha value is -2.06. The van der Waals surface area contributed by atoms with Crippen molar-refractivity contribution in [3.8, 4) is 0 Å². The molecule has 1 aromatic heterocycles. The van der Waals surface area contributed by atoms with E-state index in [9.17, 15) is 0 Å². The smallest absolute Gasteiger partial charge is 0.134 e. The van der Waals surface area contributed by atoms with Gasteiger partial charge in [-0.05, 0) is 38.0 Å². The van der Waals surface area contributed by atoms with Crippen LogP contribution in [0, 0.1) is 13.8 Å². The third-order valence-electron chi connectivity index (χ3n) is 3.55. The van der Waals surface area contributed by atoms with E-state index in [0.29, 0.717) is 0 Å². The fourth-order valence-electron chi connectivity index (χ4n) is 2.73. The predicted octanol–water partition coefficient (Wildman–Crippen LogP) is 4.29. The molecule has 0 bridgehead atoms. The first kappa shape index (κ1) is 12.9. The largest absolute Gasteiger partial charge is 0.459 e. The van der Waals surface area contributed by atoms with Crippen molar-refractivity contribution in [1.82, 2.24) is 0 Å². The van der Waals surface area contributed by atoms with Crippen LogP contribution in [0.3, 0.4) is 0 Å². The molecule has 2 nitrogen and oxygen atoms in total. The lowest BCUT2D eigenvalue weighted by molar-refractivity contribution is 0.494. The third-order valence-corrected chi connectivity index (χ3v) is 3.55. The summed E-state index contributed by atoms with van der Waals surface area (Å²) >= 11 is 0. The Bertz CT molecular complexity index is 689. The van der Waals surface area contributed by atoms with Crippen LogP contribution in [0.25, 0.3) is 11.0 Å². The highest BCUT2D eigenvalue weighted by atomic mass is 16.3. The van der Waals surface area contributed by atoms with Gasteiger partial charge in [-0.15, -0.1) is 0 Å². The van der Waals surface area contributed by atoms with Crippen LogP contribution in [0.15, 0.2) is 52.9 Å². The summed E-state index contributed by atoms with van der Waals surface area (Å²) in [5, 5.41) is 1.11. The first-order chi connectivity index (χ1) is 9.61. The van der Waals surface area contributed by atoms with Gasteiger partial charge in [0.05, 0.1) is 6.04 Å². The molecule has 3 aromatic rings. The van der Waals surface area contributed by atoms with Crippen molar-refractivity contribution in [3.05, 3.63) is 71.0 Å². The number of hydrogen-bond donors (Lipinski definition) is 1. The van der Waals surface area contributed by atoms with E-state index in [-0.39, 0.29) is 6.04 Å². The van der Waals surface area contributed by atoms with Crippen LogP contribution in [0.4, 0.5) is 0 Å². The van der Waals surface area contributed by atoms with Gasteiger partial charge in [0.2, 0.25) is 0 Å². The molecule has 0 fully saturated rings. The van der Waals surface area contributed by atoms with E-state index in [2.05, 4.69) is 32.0 Å².